The summed E-state index contributed by atoms with van der Waals surface area (Å²) in [6.45, 7) is 1.56. The molecule has 1 amide bonds. The molecule has 1 aliphatic carbocycles. The number of piperazine rings is 1. The summed E-state index contributed by atoms with van der Waals surface area (Å²) in [5, 5.41) is 0. The monoisotopic (exact) mass is 250 g/mol. The highest BCUT2D eigenvalue weighted by Crippen LogP contribution is 2.25. The molecule has 0 unspecified atom stereocenters. The second-order valence-corrected chi connectivity index (χ2v) is 4.76. The fourth-order valence-corrected chi connectivity index (χ4v) is 2.74. The van der Waals surface area contributed by atoms with E-state index in [-0.39, 0.29) is 13.1 Å². The van der Waals surface area contributed by atoms with Gasteiger partial charge >= 0.3 is 12.1 Å². The van der Waals surface area contributed by atoms with Crippen LogP contribution in [0.25, 0.3) is 0 Å². The third kappa shape index (κ3) is 2.91. The second-order valence-electron chi connectivity index (χ2n) is 4.76. The van der Waals surface area contributed by atoms with Crippen LogP contribution in [0.4, 0.5) is 13.2 Å². The Morgan fingerprint density at radius 2 is 1.53 bits per heavy atom. The molecule has 0 N–H and O–H groups in total. The first kappa shape index (κ1) is 12.7. The summed E-state index contributed by atoms with van der Waals surface area (Å²) in [7, 11) is 0. The van der Waals surface area contributed by atoms with Crippen LogP contribution in [0.5, 0.6) is 0 Å². The maximum atomic E-state index is 12.2. The molecular formula is C11H17F3N2O. The molecule has 6 heteroatoms. The van der Waals surface area contributed by atoms with Gasteiger partial charge in [0.2, 0.25) is 0 Å². The topological polar surface area (TPSA) is 23.6 Å². The highest BCUT2D eigenvalue weighted by molar-refractivity contribution is 5.81. The maximum Gasteiger partial charge on any atom is 0.471 e. The molecule has 0 atom stereocenters. The molecule has 3 nitrogen and oxygen atoms in total. The van der Waals surface area contributed by atoms with Crippen LogP contribution in [0.1, 0.15) is 25.7 Å². The summed E-state index contributed by atoms with van der Waals surface area (Å²) in [6.07, 6.45) is -0.00527. The van der Waals surface area contributed by atoms with Crippen molar-refractivity contribution in [2.75, 3.05) is 26.2 Å². The number of carbonyl (C=O) groups is 1. The molecule has 1 saturated heterocycles. The fraction of sp³-hybridized carbons (Fsp3) is 0.909. The van der Waals surface area contributed by atoms with Crippen LogP contribution in [0.2, 0.25) is 0 Å². The normalized spacial score (nSPS) is 24.3. The van der Waals surface area contributed by atoms with E-state index in [4.69, 9.17) is 0 Å². The number of carbonyl (C=O) groups excluding carboxylic acids is 1. The van der Waals surface area contributed by atoms with Crippen LogP contribution < -0.4 is 0 Å². The Morgan fingerprint density at radius 3 is 2.00 bits per heavy atom. The Kier molecular flexibility index (Phi) is 3.61. The summed E-state index contributed by atoms with van der Waals surface area (Å²) in [5.74, 6) is -1.69. The number of alkyl halides is 3. The summed E-state index contributed by atoms with van der Waals surface area (Å²) >= 11 is 0. The molecule has 0 radical (unpaired) electrons. The second kappa shape index (κ2) is 4.84. The van der Waals surface area contributed by atoms with Crippen LogP contribution in [-0.4, -0.2) is 54.1 Å². The smallest absolute Gasteiger partial charge is 0.332 e. The molecule has 1 aliphatic heterocycles. The molecule has 0 spiro atoms. The van der Waals surface area contributed by atoms with Gasteiger partial charge in [0.15, 0.2) is 0 Å². The average molecular weight is 250 g/mol. The number of hydrogen-bond donors (Lipinski definition) is 0. The van der Waals surface area contributed by atoms with Gasteiger partial charge < -0.3 is 4.90 Å². The minimum Gasteiger partial charge on any atom is -0.332 e. The fourth-order valence-electron chi connectivity index (χ4n) is 2.74. The van der Waals surface area contributed by atoms with E-state index in [1.807, 2.05) is 0 Å². The first-order valence-corrected chi connectivity index (χ1v) is 6.08. The first-order valence-electron chi connectivity index (χ1n) is 6.08. The number of halogens is 3. The molecule has 98 valence electrons. The Balaban J connectivity index is 1.83. The largest absolute Gasteiger partial charge is 0.471 e. The zero-order chi connectivity index (χ0) is 12.5. The Bertz CT molecular complexity index is 279. The summed E-state index contributed by atoms with van der Waals surface area (Å²) in [4.78, 5) is 14.2. The van der Waals surface area contributed by atoms with E-state index < -0.39 is 12.1 Å². The van der Waals surface area contributed by atoms with Gasteiger partial charge in [0.25, 0.3) is 0 Å². The van der Waals surface area contributed by atoms with Crippen molar-refractivity contribution in [1.82, 2.24) is 9.80 Å². The lowest BCUT2D eigenvalue weighted by Crippen LogP contribution is -2.54. The van der Waals surface area contributed by atoms with Gasteiger partial charge in [-0.05, 0) is 12.8 Å². The van der Waals surface area contributed by atoms with Gasteiger partial charge in [-0.3, -0.25) is 9.69 Å². The van der Waals surface area contributed by atoms with Gasteiger partial charge in [0.1, 0.15) is 0 Å². The lowest BCUT2D eigenvalue weighted by Gasteiger charge is -2.38. The molecule has 0 aromatic rings. The van der Waals surface area contributed by atoms with Crippen molar-refractivity contribution < 1.29 is 18.0 Å². The summed E-state index contributed by atoms with van der Waals surface area (Å²) < 4.78 is 36.7. The molecule has 2 rings (SSSR count). The number of hydrogen-bond acceptors (Lipinski definition) is 2. The van der Waals surface area contributed by atoms with Gasteiger partial charge in [0.05, 0.1) is 0 Å². The van der Waals surface area contributed by atoms with E-state index in [0.29, 0.717) is 19.1 Å². The highest BCUT2D eigenvalue weighted by atomic mass is 19.4. The molecule has 0 aromatic carbocycles. The Labute approximate surface area is 98.6 Å². The lowest BCUT2D eigenvalue weighted by molar-refractivity contribution is -0.187. The summed E-state index contributed by atoms with van der Waals surface area (Å²) in [5.41, 5.74) is 0. The predicted molar refractivity (Wildman–Crippen MR) is 56.5 cm³/mol. The van der Waals surface area contributed by atoms with Gasteiger partial charge in [-0.15, -0.1) is 0 Å². The van der Waals surface area contributed by atoms with Crippen LogP contribution in [-0.2, 0) is 4.79 Å². The van der Waals surface area contributed by atoms with E-state index in [9.17, 15) is 18.0 Å². The zero-order valence-corrected chi connectivity index (χ0v) is 9.67. The van der Waals surface area contributed by atoms with Crippen molar-refractivity contribution in [3.05, 3.63) is 0 Å². The van der Waals surface area contributed by atoms with E-state index in [1.165, 1.54) is 12.8 Å². The van der Waals surface area contributed by atoms with Crippen molar-refractivity contribution in [3.8, 4) is 0 Å². The number of amides is 1. The minimum atomic E-state index is -4.73. The van der Waals surface area contributed by atoms with Crippen molar-refractivity contribution in [1.29, 1.82) is 0 Å². The molecule has 0 aromatic heterocycles. The number of nitrogens with zero attached hydrogens (tertiary/aromatic N) is 2. The maximum absolute atomic E-state index is 12.2. The predicted octanol–water partition coefficient (Wildman–Crippen LogP) is 1.64. The van der Waals surface area contributed by atoms with Crippen molar-refractivity contribution in [2.24, 2.45) is 0 Å². The van der Waals surface area contributed by atoms with Gasteiger partial charge in [-0.1, -0.05) is 12.8 Å². The van der Waals surface area contributed by atoms with Crippen LogP contribution in [0, 0.1) is 0 Å². The number of rotatable bonds is 1. The van der Waals surface area contributed by atoms with Crippen LogP contribution in [0.15, 0.2) is 0 Å². The SMILES string of the molecule is O=C(N1CCN(C2CCCC2)CC1)C(F)(F)F. The molecule has 2 fully saturated rings. The van der Waals surface area contributed by atoms with Gasteiger partial charge in [0, 0.05) is 32.2 Å². The Hall–Kier alpha value is -0.780. The quantitative estimate of drug-likeness (QED) is 0.706. The lowest BCUT2D eigenvalue weighted by atomic mass is 10.2. The van der Waals surface area contributed by atoms with Gasteiger partial charge in [-0.25, -0.2) is 0 Å². The molecule has 0 bridgehead atoms. The summed E-state index contributed by atoms with van der Waals surface area (Å²) in [6, 6.07) is 0.526. The first-order chi connectivity index (χ1) is 7.98. The van der Waals surface area contributed by atoms with Crippen molar-refractivity contribution >= 4 is 5.91 Å². The third-order valence-corrected chi connectivity index (χ3v) is 3.69. The van der Waals surface area contributed by atoms with Crippen molar-refractivity contribution in [3.63, 3.8) is 0 Å². The van der Waals surface area contributed by atoms with Crippen LogP contribution >= 0.6 is 0 Å². The highest BCUT2D eigenvalue weighted by Gasteiger charge is 2.43. The van der Waals surface area contributed by atoms with E-state index in [2.05, 4.69) is 4.90 Å². The molecule has 2 aliphatic rings. The van der Waals surface area contributed by atoms with Crippen molar-refractivity contribution in [2.45, 2.75) is 37.9 Å². The minimum absolute atomic E-state index is 0.203. The zero-order valence-electron chi connectivity index (χ0n) is 9.67. The van der Waals surface area contributed by atoms with E-state index in [1.54, 1.807) is 0 Å². The Morgan fingerprint density at radius 1 is 1.00 bits per heavy atom. The van der Waals surface area contributed by atoms with E-state index in [0.717, 1.165) is 17.7 Å². The standard InChI is InChI=1S/C11H17F3N2O/c12-11(13,14)10(17)16-7-5-15(6-8-16)9-3-1-2-4-9/h9H,1-8H2. The van der Waals surface area contributed by atoms with Gasteiger partial charge in [-0.2, -0.15) is 13.2 Å². The molecule has 1 heterocycles. The average Bonchev–Trinajstić information content (AvgIpc) is 2.80. The van der Waals surface area contributed by atoms with Crippen LogP contribution in [0.3, 0.4) is 0 Å². The molecular weight excluding hydrogens is 233 g/mol. The molecule has 1 saturated carbocycles. The molecule has 17 heavy (non-hydrogen) atoms. The third-order valence-electron chi connectivity index (χ3n) is 3.69. The van der Waals surface area contributed by atoms with E-state index >= 15 is 0 Å².